The molecule has 2 saturated heterocycles. The van der Waals surface area contributed by atoms with E-state index in [1.807, 2.05) is 6.92 Å². The van der Waals surface area contributed by atoms with Crippen LogP contribution in [0.3, 0.4) is 0 Å². The Morgan fingerprint density at radius 2 is 2.00 bits per heavy atom. The summed E-state index contributed by atoms with van der Waals surface area (Å²) in [5.74, 6) is 0.321. The molecule has 2 aliphatic rings. The maximum atomic E-state index is 12.0. The highest BCUT2D eigenvalue weighted by Gasteiger charge is 2.28. The van der Waals surface area contributed by atoms with Crippen molar-refractivity contribution in [1.82, 2.24) is 14.9 Å². The van der Waals surface area contributed by atoms with Gasteiger partial charge in [-0.3, -0.25) is 4.79 Å². The van der Waals surface area contributed by atoms with Crippen molar-refractivity contribution in [2.45, 2.75) is 64.0 Å². The highest BCUT2D eigenvalue weighted by atomic mass is 32.2. The van der Waals surface area contributed by atoms with Crippen LogP contribution in [0.15, 0.2) is 0 Å². The van der Waals surface area contributed by atoms with Crippen molar-refractivity contribution in [3.05, 3.63) is 0 Å². The van der Waals surface area contributed by atoms with E-state index in [-0.39, 0.29) is 17.7 Å². The zero-order valence-electron chi connectivity index (χ0n) is 13.5. The second kappa shape index (κ2) is 8.26. The Hall–Kier alpha value is -0.660. The Balaban J connectivity index is 1.67. The third-order valence-electron chi connectivity index (χ3n) is 4.56. The van der Waals surface area contributed by atoms with Crippen LogP contribution >= 0.6 is 0 Å². The van der Waals surface area contributed by atoms with Crippen LogP contribution in [0.4, 0.5) is 0 Å². The van der Waals surface area contributed by atoms with Gasteiger partial charge in [0.1, 0.15) is 0 Å². The van der Waals surface area contributed by atoms with E-state index in [9.17, 15) is 13.2 Å². The molecule has 0 spiro atoms. The third kappa shape index (κ3) is 5.21. The van der Waals surface area contributed by atoms with Crippen LogP contribution in [0.1, 0.15) is 51.9 Å². The zero-order chi connectivity index (χ0) is 16.0. The van der Waals surface area contributed by atoms with Gasteiger partial charge < -0.3 is 10.6 Å². The molecule has 0 aromatic carbocycles. The topological polar surface area (TPSA) is 78.5 Å². The number of hydrogen-bond acceptors (Lipinski definition) is 4. The fraction of sp³-hybridized carbons (Fsp3) is 0.933. The van der Waals surface area contributed by atoms with E-state index in [4.69, 9.17) is 0 Å². The molecule has 6 nitrogen and oxygen atoms in total. The van der Waals surface area contributed by atoms with E-state index >= 15 is 0 Å². The van der Waals surface area contributed by atoms with Crippen molar-refractivity contribution in [2.75, 3.05) is 25.4 Å². The average molecular weight is 331 g/mol. The number of nitrogens with zero attached hydrogens (tertiary/aromatic N) is 1. The number of carbonyl (C=O) groups is 1. The van der Waals surface area contributed by atoms with Crippen LogP contribution in [0.5, 0.6) is 0 Å². The van der Waals surface area contributed by atoms with Gasteiger partial charge in [-0.25, -0.2) is 12.7 Å². The van der Waals surface area contributed by atoms with E-state index in [1.54, 1.807) is 4.31 Å². The van der Waals surface area contributed by atoms with Gasteiger partial charge in [-0.05, 0) is 45.1 Å². The Bertz CT molecular complexity index is 453. The molecule has 0 aromatic heterocycles. The van der Waals surface area contributed by atoms with Gasteiger partial charge in [-0.1, -0.05) is 6.92 Å². The molecule has 0 radical (unpaired) electrons. The van der Waals surface area contributed by atoms with Crippen molar-refractivity contribution in [1.29, 1.82) is 0 Å². The standard InChI is InChI=1S/C15H29N3O3S/c1-2-12-22(20,21)18-10-7-14(8-11-18)17-15(19)6-5-13-4-3-9-16-13/h13-14,16H,2-12H2,1H3,(H,17,19). The minimum atomic E-state index is -3.09. The molecule has 2 fully saturated rings. The van der Waals surface area contributed by atoms with Gasteiger partial charge in [-0.15, -0.1) is 0 Å². The van der Waals surface area contributed by atoms with Gasteiger partial charge in [0.05, 0.1) is 5.75 Å². The second-order valence-electron chi connectivity index (χ2n) is 6.39. The molecule has 0 aliphatic carbocycles. The Morgan fingerprint density at radius 3 is 2.59 bits per heavy atom. The summed E-state index contributed by atoms with van der Waals surface area (Å²) in [5, 5.41) is 6.46. The molecular weight excluding hydrogens is 302 g/mol. The molecule has 0 saturated carbocycles. The molecule has 2 heterocycles. The van der Waals surface area contributed by atoms with Crippen LogP contribution in [-0.4, -0.2) is 56.1 Å². The van der Waals surface area contributed by atoms with Crippen LogP contribution in [0, 0.1) is 0 Å². The maximum absolute atomic E-state index is 12.0. The lowest BCUT2D eigenvalue weighted by Crippen LogP contribution is -2.47. The smallest absolute Gasteiger partial charge is 0.220 e. The summed E-state index contributed by atoms with van der Waals surface area (Å²) < 4.78 is 25.6. The summed E-state index contributed by atoms with van der Waals surface area (Å²) in [6.07, 6.45) is 5.92. The SMILES string of the molecule is CCCS(=O)(=O)N1CCC(NC(=O)CCC2CCCN2)CC1. The van der Waals surface area contributed by atoms with Gasteiger partial charge in [0, 0.05) is 31.6 Å². The monoisotopic (exact) mass is 331 g/mol. The molecule has 2 rings (SSSR count). The highest BCUT2D eigenvalue weighted by Crippen LogP contribution is 2.16. The zero-order valence-corrected chi connectivity index (χ0v) is 14.3. The van der Waals surface area contributed by atoms with Crippen molar-refractivity contribution in [3.8, 4) is 0 Å². The number of nitrogens with one attached hydrogen (secondary N) is 2. The fourth-order valence-electron chi connectivity index (χ4n) is 3.27. The molecule has 128 valence electrons. The van der Waals surface area contributed by atoms with Crippen LogP contribution in [0.25, 0.3) is 0 Å². The highest BCUT2D eigenvalue weighted by molar-refractivity contribution is 7.89. The molecule has 0 aromatic rings. The minimum Gasteiger partial charge on any atom is -0.353 e. The van der Waals surface area contributed by atoms with Crippen molar-refractivity contribution in [3.63, 3.8) is 0 Å². The molecule has 1 unspecified atom stereocenters. The lowest BCUT2D eigenvalue weighted by Gasteiger charge is -2.31. The van der Waals surface area contributed by atoms with E-state index in [2.05, 4.69) is 10.6 Å². The predicted molar refractivity (Wildman–Crippen MR) is 87.1 cm³/mol. The Labute approximate surface area is 134 Å². The van der Waals surface area contributed by atoms with E-state index < -0.39 is 10.0 Å². The fourth-order valence-corrected chi connectivity index (χ4v) is 4.81. The molecule has 0 bridgehead atoms. The summed E-state index contributed by atoms with van der Waals surface area (Å²) in [5.41, 5.74) is 0. The van der Waals surface area contributed by atoms with Gasteiger partial charge in [-0.2, -0.15) is 0 Å². The molecule has 22 heavy (non-hydrogen) atoms. The summed E-state index contributed by atoms with van der Waals surface area (Å²) in [6.45, 7) is 4.00. The van der Waals surface area contributed by atoms with Crippen molar-refractivity contribution in [2.24, 2.45) is 0 Å². The van der Waals surface area contributed by atoms with Gasteiger partial charge >= 0.3 is 0 Å². The first kappa shape index (κ1) is 17.7. The Morgan fingerprint density at radius 1 is 1.27 bits per heavy atom. The quantitative estimate of drug-likeness (QED) is 0.724. The molecule has 2 N–H and O–H groups in total. The predicted octanol–water partition coefficient (Wildman–Crippen LogP) is 0.839. The van der Waals surface area contributed by atoms with Crippen LogP contribution in [0.2, 0.25) is 0 Å². The van der Waals surface area contributed by atoms with Crippen molar-refractivity contribution >= 4 is 15.9 Å². The number of carbonyl (C=O) groups excluding carboxylic acids is 1. The molecule has 1 atom stereocenters. The minimum absolute atomic E-state index is 0.101. The number of piperidine rings is 1. The molecule has 1 amide bonds. The van der Waals surface area contributed by atoms with E-state index in [0.717, 1.165) is 25.8 Å². The number of amides is 1. The van der Waals surface area contributed by atoms with Crippen LogP contribution in [-0.2, 0) is 14.8 Å². The summed E-state index contributed by atoms with van der Waals surface area (Å²) >= 11 is 0. The number of hydrogen-bond donors (Lipinski definition) is 2. The molecule has 7 heteroatoms. The summed E-state index contributed by atoms with van der Waals surface area (Å²) in [4.78, 5) is 12.0. The number of sulfonamides is 1. The summed E-state index contributed by atoms with van der Waals surface area (Å²) in [6, 6.07) is 0.615. The van der Waals surface area contributed by atoms with Gasteiger partial charge in [0.25, 0.3) is 0 Å². The van der Waals surface area contributed by atoms with Crippen molar-refractivity contribution < 1.29 is 13.2 Å². The number of rotatable bonds is 7. The van der Waals surface area contributed by atoms with Crippen LogP contribution < -0.4 is 10.6 Å². The van der Waals surface area contributed by atoms with Gasteiger partial charge in [0.2, 0.25) is 15.9 Å². The Kier molecular flexibility index (Phi) is 6.65. The average Bonchev–Trinajstić information content (AvgIpc) is 2.99. The second-order valence-corrected chi connectivity index (χ2v) is 8.48. The normalized spacial score (nSPS) is 24.5. The lowest BCUT2D eigenvalue weighted by atomic mass is 10.1. The largest absolute Gasteiger partial charge is 0.353 e. The molecular formula is C15H29N3O3S. The maximum Gasteiger partial charge on any atom is 0.220 e. The first-order chi connectivity index (χ1) is 10.5. The third-order valence-corrected chi connectivity index (χ3v) is 6.63. The lowest BCUT2D eigenvalue weighted by molar-refractivity contribution is -0.122. The van der Waals surface area contributed by atoms with E-state index in [0.29, 0.717) is 32.0 Å². The van der Waals surface area contributed by atoms with Gasteiger partial charge in [0.15, 0.2) is 0 Å². The van der Waals surface area contributed by atoms with E-state index in [1.165, 1.54) is 12.8 Å². The summed E-state index contributed by atoms with van der Waals surface area (Å²) in [7, 11) is -3.09. The first-order valence-electron chi connectivity index (χ1n) is 8.52. The first-order valence-corrected chi connectivity index (χ1v) is 10.1. The molecule has 2 aliphatic heterocycles.